The number of hydrogen-bond acceptors (Lipinski definition) is 4. The quantitative estimate of drug-likeness (QED) is 0.914. The van der Waals surface area contributed by atoms with Crippen molar-refractivity contribution < 1.29 is 4.42 Å². The van der Waals surface area contributed by atoms with Crippen molar-refractivity contribution in [1.29, 1.82) is 0 Å². The Morgan fingerprint density at radius 1 is 1.25 bits per heavy atom. The number of benzene rings is 1. The summed E-state index contributed by atoms with van der Waals surface area (Å²) >= 11 is 0. The van der Waals surface area contributed by atoms with Gasteiger partial charge >= 0.3 is 0 Å². The molecule has 1 aromatic heterocycles. The van der Waals surface area contributed by atoms with Gasteiger partial charge in [0.2, 0.25) is 12.3 Å². The van der Waals surface area contributed by atoms with E-state index in [4.69, 9.17) is 4.42 Å². The average Bonchev–Trinajstić information content (AvgIpc) is 3.00. The van der Waals surface area contributed by atoms with E-state index in [-0.39, 0.29) is 0 Å². The number of aromatic nitrogens is 2. The van der Waals surface area contributed by atoms with Gasteiger partial charge in [-0.2, -0.15) is 0 Å². The third-order valence-corrected chi connectivity index (χ3v) is 4.13. The fourth-order valence-corrected chi connectivity index (χ4v) is 3.04. The second-order valence-corrected chi connectivity index (χ2v) is 5.84. The topological polar surface area (TPSA) is 51.0 Å². The first-order valence-electron chi connectivity index (χ1n) is 7.42. The first-order chi connectivity index (χ1) is 9.81. The lowest BCUT2D eigenvalue weighted by Crippen LogP contribution is -2.20. The Bertz CT molecular complexity index is 521. The molecule has 4 nitrogen and oxygen atoms in total. The zero-order valence-corrected chi connectivity index (χ0v) is 11.9. The summed E-state index contributed by atoms with van der Waals surface area (Å²) in [6, 6.07) is 8.18. The molecule has 4 heteroatoms. The van der Waals surface area contributed by atoms with Crippen LogP contribution in [0.3, 0.4) is 0 Å². The number of nitrogens with one attached hydrogen (secondary N) is 1. The molecule has 1 heterocycles. The fourth-order valence-electron chi connectivity index (χ4n) is 3.04. The predicted octanol–water partition coefficient (Wildman–Crippen LogP) is 3.97. The van der Waals surface area contributed by atoms with Crippen molar-refractivity contribution in [1.82, 2.24) is 10.2 Å². The molecule has 1 aliphatic carbocycles. The molecule has 0 aliphatic heterocycles. The van der Waals surface area contributed by atoms with Crippen LogP contribution in [0.15, 0.2) is 35.1 Å². The summed E-state index contributed by atoms with van der Waals surface area (Å²) in [5.41, 5.74) is 2.12. The van der Waals surface area contributed by atoms with E-state index >= 15 is 0 Å². The van der Waals surface area contributed by atoms with E-state index in [9.17, 15) is 0 Å². The summed E-state index contributed by atoms with van der Waals surface area (Å²) in [6.07, 6.45) is 6.84. The first-order valence-corrected chi connectivity index (χ1v) is 7.42. The van der Waals surface area contributed by atoms with Gasteiger partial charge in [0.15, 0.2) is 0 Å². The highest BCUT2D eigenvalue weighted by molar-refractivity contribution is 5.58. The molecule has 106 valence electrons. The Morgan fingerprint density at radius 2 is 2.10 bits per heavy atom. The van der Waals surface area contributed by atoms with Crippen LogP contribution < -0.4 is 5.32 Å². The molecule has 2 atom stereocenters. The van der Waals surface area contributed by atoms with Crippen LogP contribution in [0, 0.1) is 11.8 Å². The maximum atomic E-state index is 5.18. The maximum absolute atomic E-state index is 5.18. The molecule has 20 heavy (non-hydrogen) atoms. The minimum Gasteiger partial charge on any atom is -0.423 e. The summed E-state index contributed by atoms with van der Waals surface area (Å²) in [4.78, 5) is 0. The van der Waals surface area contributed by atoms with Crippen LogP contribution in [-0.4, -0.2) is 16.7 Å². The van der Waals surface area contributed by atoms with Gasteiger partial charge in [-0.15, -0.1) is 10.2 Å². The monoisotopic (exact) mass is 271 g/mol. The molecular weight excluding hydrogens is 250 g/mol. The highest BCUT2D eigenvalue weighted by atomic mass is 16.4. The summed E-state index contributed by atoms with van der Waals surface area (Å²) < 4.78 is 5.18. The first kappa shape index (κ1) is 13.2. The van der Waals surface area contributed by atoms with Crippen LogP contribution in [0.25, 0.3) is 11.5 Å². The lowest BCUT2D eigenvalue weighted by Gasteiger charge is -2.27. The minimum atomic E-state index is 0.567. The lowest BCUT2D eigenvalue weighted by atomic mass is 9.82. The SMILES string of the molecule is CC1CCCC(CNc2ccc(-c3nnco3)cc2)C1. The van der Waals surface area contributed by atoms with Crippen LogP contribution in [0.5, 0.6) is 0 Å². The molecule has 1 aliphatic rings. The van der Waals surface area contributed by atoms with Crippen molar-refractivity contribution in [3.05, 3.63) is 30.7 Å². The van der Waals surface area contributed by atoms with E-state index in [1.165, 1.54) is 32.1 Å². The second-order valence-electron chi connectivity index (χ2n) is 5.84. The third kappa shape index (κ3) is 3.18. The molecule has 0 amide bonds. The van der Waals surface area contributed by atoms with E-state index < -0.39 is 0 Å². The summed E-state index contributed by atoms with van der Waals surface area (Å²) in [7, 11) is 0. The minimum absolute atomic E-state index is 0.567. The molecule has 1 N–H and O–H groups in total. The van der Waals surface area contributed by atoms with Crippen molar-refractivity contribution in [3.8, 4) is 11.5 Å². The Kier molecular flexibility index (Phi) is 4.00. The largest absolute Gasteiger partial charge is 0.423 e. The average molecular weight is 271 g/mol. The molecule has 0 spiro atoms. The second kappa shape index (κ2) is 6.07. The Hall–Kier alpha value is -1.84. The van der Waals surface area contributed by atoms with E-state index in [2.05, 4.69) is 34.6 Å². The molecule has 3 rings (SSSR count). The normalized spacial score (nSPS) is 22.6. The van der Waals surface area contributed by atoms with Gasteiger partial charge in [-0.25, -0.2) is 0 Å². The van der Waals surface area contributed by atoms with Crippen molar-refractivity contribution in [2.45, 2.75) is 32.6 Å². The zero-order chi connectivity index (χ0) is 13.8. The molecule has 0 saturated heterocycles. The van der Waals surface area contributed by atoms with Crippen LogP contribution in [0.1, 0.15) is 32.6 Å². The third-order valence-electron chi connectivity index (χ3n) is 4.13. The smallest absolute Gasteiger partial charge is 0.247 e. The van der Waals surface area contributed by atoms with Crippen molar-refractivity contribution in [2.75, 3.05) is 11.9 Å². The van der Waals surface area contributed by atoms with Gasteiger partial charge in [-0.1, -0.05) is 19.8 Å². The predicted molar refractivity (Wildman–Crippen MR) is 79.3 cm³/mol. The molecular formula is C16H21N3O. The number of anilines is 1. The lowest BCUT2D eigenvalue weighted by molar-refractivity contribution is 0.293. The highest BCUT2D eigenvalue weighted by Crippen LogP contribution is 2.29. The Labute approximate surface area is 119 Å². The molecule has 1 fully saturated rings. The Morgan fingerprint density at radius 3 is 2.80 bits per heavy atom. The van der Waals surface area contributed by atoms with E-state index in [1.807, 2.05) is 12.1 Å². The van der Waals surface area contributed by atoms with Crippen molar-refractivity contribution >= 4 is 5.69 Å². The molecule has 2 aromatic rings. The molecule has 2 unspecified atom stereocenters. The van der Waals surface area contributed by atoms with Crippen LogP contribution in [0.2, 0.25) is 0 Å². The number of hydrogen-bond donors (Lipinski definition) is 1. The van der Waals surface area contributed by atoms with E-state index in [0.717, 1.165) is 29.6 Å². The number of nitrogens with zero attached hydrogens (tertiary/aromatic N) is 2. The van der Waals surface area contributed by atoms with Gasteiger partial charge in [0, 0.05) is 17.8 Å². The Balaban J connectivity index is 1.56. The van der Waals surface area contributed by atoms with E-state index in [0.29, 0.717) is 5.89 Å². The summed E-state index contributed by atoms with van der Waals surface area (Å²) in [5.74, 6) is 2.27. The van der Waals surface area contributed by atoms with Crippen LogP contribution in [-0.2, 0) is 0 Å². The molecule has 0 radical (unpaired) electrons. The maximum Gasteiger partial charge on any atom is 0.247 e. The molecule has 0 bridgehead atoms. The highest BCUT2D eigenvalue weighted by Gasteiger charge is 2.18. The van der Waals surface area contributed by atoms with Crippen LogP contribution >= 0.6 is 0 Å². The summed E-state index contributed by atoms with van der Waals surface area (Å²) in [6.45, 7) is 3.44. The fraction of sp³-hybridized carbons (Fsp3) is 0.500. The zero-order valence-electron chi connectivity index (χ0n) is 11.9. The van der Waals surface area contributed by atoms with Crippen molar-refractivity contribution in [2.24, 2.45) is 11.8 Å². The number of rotatable bonds is 4. The van der Waals surface area contributed by atoms with Gasteiger partial charge in [-0.3, -0.25) is 0 Å². The van der Waals surface area contributed by atoms with Crippen LogP contribution in [0.4, 0.5) is 5.69 Å². The summed E-state index contributed by atoms with van der Waals surface area (Å²) in [5, 5.41) is 11.1. The van der Waals surface area contributed by atoms with Crippen molar-refractivity contribution in [3.63, 3.8) is 0 Å². The van der Waals surface area contributed by atoms with E-state index in [1.54, 1.807) is 0 Å². The van der Waals surface area contributed by atoms with Gasteiger partial charge in [0.05, 0.1) is 0 Å². The van der Waals surface area contributed by atoms with Gasteiger partial charge in [0.1, 0.15) is 0 Å². The molecule has 1 saturated carbocycles. The standard InChI is InChI=1S/C16H21N3O/c1-12-3-2-4-13(9-12)10-17-15-7-5-14(6-8-15)16-19-18-11-20-16/h5-8,11-13,17H,2-4,9-10H2,1H3. The van der Waals surface area contributed by atoms with Gasteiger partial charge < -0.3 is 9.73 Å². The van der Waals surface area contributed by atoms with Gasteiger partial charge in [0.25, 0.3) is 0 Å². The van der Waals surface area contributed by atoms with Gasteiger partial charge in [-0.05, 0) is 48.9 Å². The molecule has 1 aromatic carbocycles.